The molecule has 1 saturated heterocycles. The summed E-state index contributed by atoms with van der Waals surface area (Å²) in [5.41, 5.74) is -1.20. The molecule has 2 atom stereocenters. The van der Waals surface area contributed by atoms with E-state index in [1.54, 1.807) is 12.1 Å². The number of hydrogen-bond donors (Lipinski definition) is 1. The lowest BCUT2D eigenvalue weighted by Crippen LogP contribution is -2.17. The van der Waals surface area contributed by atoms with Crippen molar-refractivity contribution in [2.75, 3.05) is 7.11 Å². The van der Waals surface area contributed by atoms with Crippen LogP contribution in [0, 0.1) is 0 Å². The molecule has 0 bridgehead atoms. The lowest BCUT2D eigenvalue weighted by Gasteiger charge is -2.13. The number of carbonyl (C=O) groups excluding carboxylic acids is 2. The van der Waals surface area contributed by atoms with Crippen LogP contribution in [0.3, 0.4) is 0 Å². The predicted molar refractivity (Wildman–Crippen MR) is 96.2 cm³/mol. The first-order chi connectivity index (χ1) is 14.0. The van der Waals surface area contributed by atoms with E-state index in [0.717, 1.165) is 0 Å². The highest BCUT2D eigenvalue weighted by atomic mass is 16.7. The van der Waals surface area contributed by atoms with E-state index in [2.05, 4.69) is 4.98 Å². The zero-order valence-electron chi connectivity index (χ0n) is 15.0. The minimum atomic E-state index is -1.03. The molecule has 9 heteroatoms. The molecule has 146 valence electrons. The van der Waals surface area contributed by atoms with E-state index in [4.69, 9.17) is 18.6 Å². The number of aromatic nitrogens is 1. The van der Waals surface area contributed by atoms with Gasteiger partial charge in [0, 0.05) is 17.8 Å². The molecule has 4 heterocycles. The summed E-state index contributed by atoms with van der Waals surface area (Å²) < 4.78 is 21.5. The van der Waals surface area contributed by atoms with Crippen LogP contribution in [-0.2, 0) is 9.53 Å². The molecule has 2 aliphatic rings. The average molecular weight is 395 g/mol. The molecule has 0 amide bonds. The lowest BCUT2D eigenvalue weighted by atomic mass is 9.94. The minimum Gasteiger partial charge on any atom is -0.506 e. The summed E-state index contributed by atoms with van der Waals surface area (Å²) in [6.45, 7) is 0. The molecular weight excluding hydrogens is 382 g/mol. The Morgan fingerprint density at radius 2 is 2.10 bits per heavy atom. The monoisotopic (exact) mass is 395 g/mol. The van der Waals surface area contributed by atoms with Crippen LogP contribution in [0.4, 0.5) is 0 Å². The molecule has 2 aromatic heterocycles. The third kappa shape index (κ3) is 2.40. The lowest BCUT2D eigenvalue weighted by molar-refractivity contribution is -0.150. The molecule has 5 rings (SSSR count). The third-order valence-electron chi connectivity index (χ3n) is 5.04. The summed E-state index contributed by atoms with van der Waals surface area (Å²) in [4.78, 5) is 41.0. The fraction of sp³-hybridized carbons (Fsp3) is 0.200. The largest absolute Gasteiger partial charge is 0.506 e. The van der Waals surface area contributed by atoms with Crippen molar-refractivity contribution < 1.29 is 33.3 Å². The van der Waals surface area contributed by atoms with Crippen molar-refractivity contribution in [3.63, 3.8) is 0 Å². The number of esters is 1. The van der Waals surface area contributed by atoms with Gasteiger partial charge in [-0.2, -0.15) is 0 Å². The first-order valence-corrected chi connectivity index (χ1v) is 8.72. The summed E-state index contributed by atoms with van der Waals surface area (Å²) >= 11 is 0. The Hall–Kier alpha value is -3.88. The van der Waals surface area contributed by atoms with Gasteiger partial charge in [-0.25, -0.2) is 4.79 Å². The van der Waals surface area contributed by atoms with Crippen LogP contribution >= 0.6 is 0 Å². The average Bonchev–Trinajstić information content (AvgIpc) is 3.22. The molecule has 0 radical (unpaired) electrons. The summed E-state index contributed by atoms with van der Waals surface area (Å²) in [7, 11) is 1.36. The Morgan fingerprint density at radius 1 is 1.28 bits per heavy atom. The van der Waals surface area contributed by atoms with Crippen molar-refractivity contribution in [2.45, 2.75) is 18.6 Å². The number of carbonyl (C=O) groups is 2. The molecule has 9 nitrogen and oxygen atoms in total. The highest BCUT2D eigenvalue weighted by Gasteiger charge is 2.47. The van der Waals surface area contributed by atoms with Crippen LogP contribution in [0.2, 0.25) is 0 Å². The van der Waals surface area contributed by atoms with Crippen molar-refractivity contribution in [2.24, 2.45) is 0 Å². The Labute approximate surface area is 162 Å². The van der Waals surface area contributed by atoms with Crippen LogP contribution in [0.1, 0.15) is 34.0 Å². The second kappa shape index (κ2) is 6.06. The molecule has 1 aromatic carbocycles. The van der Waals surface area contributed by atoms with Crippen molar-refractivity contribution in [3.8, 4) is 17.2 Å². The van der Waals surface area contributed by atoms with Crippen LogP contribution in [0.15, 0.2) is 39.7 Å². The van der Waals surface area contributed by atoms with E-state index >= 15 is 0 Å². The number of rotatable bonds is 3. The van der Waals surface area contributed by atoms with Gasteiger partial charge >= 0.3 is 11.6 Å². The van der Waals surface area contributed by atoms with Gasteiger partial charge in [-0.1, -0.05) is 6.07 Å². The fourth-order valence-corrected chi connectivity index (χ4v) is 3.76. The van der Waals surface area contributed by atoms with Crippen molar-refractivity contribution >= 4 is 22.7 Å². The van der Waals surface area contributed by atoms with Crippen molar-refractivity contribution in [1.82, 2.24) is 4.98 Å². The number of pyridine rings is 1. The van der Waals surface area contributed by atoms with Gasteiger partial charge in [0.2, 0.25) is 5.78 Å². The molecule has 2 aliphatic heterocycles. The molecule has 29 heavy (non-hydrogen) atoms. The number of nitrogens with zero attached hydrogens (tertiary/aromatic N) is 1. The zero-order valence-corrected chi connectivity index (χ0v) is 15.0. The minimum absolute atomic E-state index is 0.00905. The summed E-state index contributed by atoms with van der Waals surface area (Å²) in [6.07, 6.45) is 0.600. The van der Waals surface area contributed by atoms with Gasteiger partial charge in [0.05, 0.1) is 19.4 Å². The molecule has 1 fully saturated rings. The Bertz CT molecular complexity index is 1250. The van der Waals surface area contributed by atoms with E-state index in [0.29, 0.717) is 11.3 Å². The molecule has 0 saturated carbocycles. The third-order valence-corrected chi connectivity index (χ3v) is 5.04. The topological polar surface area (TPSA) is 125 Å². The Kier molecular flexibility index (Phi) is 3.60. The van der Waals surface area contributed by atoms with Crippen LogP contribution in [0.25, 0.3) is 11.0 Å². The number of hydrogen-bond acceptors (Lipinski definition) is 9. The van der Waals surface area contributed by atoms with Gasteiger partial charge in [-0.15, -0.1) is 0 Å². The summed E-state index contributed by atoms with van der Waals surface area (Å²) in [5.74, 6) is -1.84. The maximum atomic E-state index is 12.8. The number of ether oxygens (including phenoxy) is 3. The number of fused-ring (bicyclic) bond motifs is 5. The Balaban J connectivity index is 1.79. The van der Waals surface area contributed by atoms with E-state index in [1.165, 1.54) is 25.4 Å². The first-order valence-electron chi connectivity index (χ1n) is 8.72. The first kappa shape index (κ1) is 17.2. The summed E-state index contributed by atoms with van der Waals surface area (Å²) in [5, 5.41) is 10.9. The smallest absolute Gasteiger partial charge is 0.351 e. The standard InChI is InChI=1S/C20H13NO8/c1-26-10-7-11-13(8-6-12(22)28-20(8)27-11)18-14(10)17(24)15(19(25)29-18)16(23)9-4-2-3-5-21-9/h2-5,7-8,20,24H,6H2,1H3. The fourth-order valence-electron chi connectivity index (χ4n) is 3.76. The number of aromatic hydroxyl groups is 1. The maximum Gasteiger partial charge on any atom is 0.351 e. The number of ketones is 1. The van der Waals surface area contributed by atoms with Gasteiger partial charge in [0.25, 0.3) is 6.29 Å². The molecule has 0 spiro atoms. The van der Waals surface area contributed by atoms with Crippen molar-refractivity contribution in [1.29, 1.82) is 0 Å². The van der Waals surface area contributed by atoms with Crippen LogP contribution in [-0.4, -0.2) is 35.2 Å². The second-order valence-electron chi connectivity index (χ2n) is 6.64. The van der Waals surface area contributed by atoms with Gasteiger partial charge < -0.3 is 23.7 Å². The normalized spacial score (nSPS) is 19.4. The highest BCUT2D eigenvalue weighted by molar-refractivity contribution is 6.12. The van der Waals surface area contributed by atoms with Gasteiger partial charge in [0.1, 0.15) is 28.3 Å². The Morgan fingerprint density at radius 3 is 2.83 bits per heavy atom. The van der Waals surface area contributed by atoms with Crippen LogP contribution < -0.4 is 15.1 Å². The molecule has 2 unspecified atom stereocenters. The van der Waals surface area contributed by atoms with Crippen LogP contribution in [0.5, 0.6) is 17.2 Å². The molecule has 1 N–H and O–H groups in total. The van der Waals surface area contributed by atoms with E-state index in [1.807, 2.05) is 0 Å². The van der Waals surface area contributed by atoms with Gasteiger partial charge in [0.15, 0.2) is 11.1 Å². The predicted octanol–water partition coefficient (Wildman–Crippen LogP) is 1.88. The maximum absolute atomic E-state index is 12.8. The van der Waals surface area contributed by atoms with E-state index in [9.17, 15) is 19.5 Å². The number of benzene rings is 1. The second-order valence-corrected chi connectivity index (χ2v) is 6.64. The van der Waals surface area contributed by atoms with Crippen molar-refractivity contribution in [3.05, 3.63) is 57.7 Å². The van der Waals surface area contributed by atoms with E-state index in [-0.39, 0.29) is 28.8 Å². The van der Waals surface area contributed by atoms with Gasteiger partial charge in [-0.3, -0.25) is 14.6 Å². The molecule has 3 aromatic rings. The quantitative estimate of drug-likeness (QED) is 0.402. The zero-order chi connectivity index (χ0) is 20.3. The van der Waals surface area contributed by atoms with Gasteiger partial charge in [-0.05, 0) is 12.1 Å². The molecular formula is C20H13NO8. The SMILES string of the molecule is COc1cc2c(c3oc(=O)c(C(=O)c4ccccn4)c(O)c13)C1CC(=O)OC1O2. The summed E-state index contributed by atoms with van der Waals surface area (Å²) in [6, 6.07) is 6.12. The number of methoxy groups -OCH3 is 1. The highest BCUT2D eigenvalue weighted by Crippen LogP contribution is 2.51. The van der Waals surface area contributed by atoms with E-state index < -0.39 is 40.9 Å². The molecule has 0 aliphatic carbocycles.